The number of para-hydroxylation sites is 1. The smallest absolute Gasteiger partial charge is 0.279 e. The van der Waals surface area contributed by atoms with E-state index in [4.69, 9.17) is 0 Å². The first-order valence-corrected chi connectivity index (χ1v) is 9.79. The topological polar surface area (TPSA) is 53.9 Å². The molecule has 6 heteroatoms. The van der Waals surface area contributed by atoms with Crippen LogP contribution in [0.25, 0.3) is 0 Å². The highest BCUT2D eigenvalue weighted by Gasteiger charge is 2.25. The van der Waals surface area contributed by atoms with Crippen molar-refractivity contribution in [3.8, 4) is 0 Å². The molecule has 0 spiro atoms. The molecule has 0 unspecified atom stereocenters. The van der Waals surface area contributed by atoms with Crippen LogP contribution in [0.5, 0.6) is 0 Å². The predicted molar refractivity (Wildman–Crippen MR) is 107 cm³/mol. The molecule has 2 aromatic carbocycles. The van der Waals surface area contributed by atoms with Crippen molar-refractivity contribution in [2.24, 2.45) is 0 Å². The van der Waals surface area contributed by atoms with Gasteiger partial charge in [0.15, 0.2) is 6.54 Å². The van der Waals surface area contributed by atoms with Crippen molar-refractivity contribution in [1.82, 2.24) is 4.90 Å². The summed E-state index contributed by atoms with van der Waals surface area (Å²) in [5.41, 5.74) is 2.42. The van der Waals surface area contributed by atoms with Crippen LogP contribution in [0.1, 0.15) is 18.1 Å². The lowest BCUT2D eigenvalue weighted by Crippen LogP contribution is -3.15. The highest BCUT2D eigenvalue weighted by molar-refractivity contribution is 5.92. The van der Waals surface area contributed by atoms with Crippen LogP contribution in [0, 0.1) is 5.82 Å². The largest absolute Gasteiger partial charge is 0.331 e. The van der Waals surface area contributed by atoms with E-state index in [0.717, 1.165) is 22.6 Å². The van der Waals surface area contributed by atoms with E-state index >= 15 is 0 Å². The van der Waals surface area contributed by atoms with E-state index in [9.17, 15) is 14.0 Å². The molecule has 0 saturated carbocycles. The maximum atomic E-state index is 13.7. The van der Waals surface area contributed by atoms with Crippen LogP contribution in [0.3, 0.4) is 0 Å². The normalized spacial score (nSPS) is 14.7. The van der Waals surface area contributed by atoms with Gasteiger partial charge in [0.1, 0.15) is 5.82 Å². The summed E-state index contributed by atoms with van der Waals surface area (Å²) >= 11 is 0. The van der Waals surface area contributed by atoms with Gasteiger partial charge in [-0.1, -0.05) is 43.3 Å². The number of quaternary nitrogens is 1. The molecule has 2 amide bonds. The number of piperazine rings is 1. The van der Waals surface area contributed by atoms with E-state index in [1.807, 2.05) is 24.3 Å². The van der Waals surface area contributed by atoms with Crippen molar-refractivity contribution in [2.75, 3.05) is 38.0 Å². The van der Waals surface area contributed by atoms with Gasteiger partial charge in [0.2, 0.25) is 5.91 Å². The van der Waals surface area contributed by atoms with Gasteiger partial charge in [-0.15, -0.1) is 0 Å². The highest BCUT2D eigenvalue weighted by atomic mass is 19.1. The molecule has 28 heavy (non-hydrogen) atoms. The summed E-state index contributed by atoms with van der Waals surface area (Å²) in [6.45, 7) is 5.04. The van der Waals surface area contributed by atoms with Gasteiger partial charge in [-0.25, -0.2) is 4.39 Å². The van der Waals surface area contributed by atoms with Gasteiger partial charge in [-0.3, -0.25) is 9.59 Å². The van der Waals surface area contributed by atoms with Crippen LogP contribution in [-0.2, 0) is 22.4 Å². The van der Waals surface area contributed by atoms with Crippen molar-refractivity contribution in [2.45, 2.75) is 19.8 Å². The molecule has 1 heterocycles. The quantitative estimate of drug-likeness (QED) is 0.789. The molecule has 1 saturated heterocycles. The molecule has 0 aromatic heterocycles. The van der Waals surface area contributed by atoms with Crippen molar-refractivity contribution < 1.29 is 18.9 Å². The molecule has 1 fully saturated rings. The van der Waals surface area contributed by atoms with Gasteiger partial charge in [-0.05, 0) is 29.7 Å². The fourth-order valence-corrected chi connectivity index (χ4v) is 3.54. The fraction of sp³-hybridized carbons (Fsp3) is 0.364. The predicted octanol–water partition coefficient (Wildman–Crippen LogP) is 1.30. The van der Waals surface area contributed by atoms with Gasteiger partial charge in [0, 0.05) is 5.69 Å². The molecule has 2 aromatic rings. The Kier molecular flexibility index (Phi) is 6.76. The first-order chi connectivity index (χ1) is 13.6. The third kappa shape index (κ3) is 5.16. The lowest BCUT2D eigenvalue weighted by Gasteiger charge is -2.32. The Hall–Kier alpha value is -2.73. The summed E-state index contributed by atoms with van der Waals surface area (Å²) in [5, 5.41) is 3.00. The number of anilines is 1. The van der Waals surface area contributed by atoms with E-state index in [0.29, 0.717) is 38.3 Å². The SMILES string of the molecule is CCc1ccccc1NC(=O)C[NH+]1CCN(C(=O)Cc2ccccc2F)CC1. The Morgan fingerprint density at radius 3 is 2.36 bits per heavy atom. The van der Waals surface area contributed by atoms with Crippen LogP contribution in [-0.4, -0.2) is 49.4 Å². The molecule has 148 valence electrons. The zero-order valence-corrected chi connectivity index (χ0v) is 16.2. The lowest BCUT2D eigenvalue weighted by atomic mass is 10.1. The van der Waals surface area contributed by atoms with Crippen LogP contribution in [0.15, 0.2) is 48.5 Å². The average molecular weight is 384 g/mol. The van der Waals surface area contributed by atoms with Crippen molar-refractivity contribution in [3.05, 3.63) is 65.5 Å². The molecule has 3 rings (SSSR count). The summed E-state index contributed by atoms with van der Waals surface area (Å²) in [4.78, 5) is 27.7. The second-order valence-electron chi connectivity index (χ2n) is 7.13. The maximum Gasteiger partial charge on any atom is 0.279 e. The second kappa shape index (κ2) is 9.46. The van der Waals surface area contributed by atoms with E-state index in [1.54, 1.807) is 23.1 Å². The molecule has 0 atom stereocenters. The fourth-order valence-electron chi connectivity index (χ4n) is 3.54. The van der Waals surface area contributed by atoms with E-state index < -0.39 is 0 Å². The number of halogens is 1. The molecule has 0 bridgehead atoms. The third-order valence-corrected chi connectivity index (χ3v) is 5.21. The maximum absolute atomic E-state index is 13.7. The Morgan fingerprint density at radius 2 is 1.68 bits per heavy atom. The minimum Gasteiger partial charge on any atom is -0.331 e. The number of hydrogen-bond donors (Lipinski definition) is 2. The Morgan fingerprint density at radius 1 is 1.04 bits per heavy atom. The monoisotopic (exact) mass is 384 g/mol. The number of amides is 2. The lowest BCUT2D eigenvalue weighted by molar-refractivity contribution is -0.895. The molecule has 2 N–H and O–H groups in total. The first-order valence-electron chi connectivity index (χ1n) is 9.79. The summed E-state index contributed by atoms with van der Waals surface area (Å²) in [7, 11) is 0. The molecular formula is C22H27FN3O2+. The van der Waals surface area contributed by atoms with Crippen LogP contribution < -0.4 is 10.2 Å². The molecule has 1 aliphatic heterocycles. The van der Waals surface area contributed by atoms with Crippen molar-refractivity contribution in [3.63, 3.8) is 0 Å². The summed E-state index contributed by atoms with van der Waals surface area (Å²) in [6.07, 6.45) is 0.947. The number of carbonyl (C=O) groups excluding carboxylic acids is 2. The molecule has 0 aliphatic carbocycles. The Balaban J connectivity index is 1.46. The number of nitrogens with zero attached hydrogens (tertiary/aromatic N) is 1. The van der Waals surface area contributed by atoms with Gasteiger partial charge in [0.25, 0.3) is 5.91 Å². The number of aryl methyl sites for hydroxylation is 1. The third-order valence-electron chi connectivity index (χ3n) is 5.21. The molecule has 1 aliphatic rings. The zero-order chi connectivity index (χ0) is 19.9. The Labute approximate surface area is 165 Å². The minimum atomic E-state index is -0.343. The van der Waals surface area contributed by atoms with Gasteiger partial charge in [0.05, 0.1) is 32.6 Å². The van der Waals surface area contributed by atoms with E-state index in [-0.39, 0.29) is 24.1 Å². The number of benzene rings is 2. The molecular weight excluding hydrogens is 357 g/mol. The van der Waals surface area contributed by atoms with Crippen molar-refractivity contribution in [1.29, 1.82) is 0 Å². The van der Waals surface area contributed by atoms with Crippen molar-refractivity contribution >= 4 is 17.5 Å². The average Bonchev–Trinajstić information content (AvgIpc) is 2.70. The summed E-state index contributed by atoms with van der Waals surface area (Å²) < 4.78 is 13.7. The number of nitrogens with one attached hydrogen (secondary N) is 2. The van der Waals surface area contributed by atoms with E-state index in [2.05, 4.69) is 12.2 Å². The first kappa shape index (κ1) is 20.0. The summed E-state index contributed by atoms with van der Waals surface area (Å²) in [6, 6.07) is 14.2. The van der Waals surface area contributed by atoms with Gasteiger partial charge < -0.3 is 15.1 Å². The Bertz CT molecular complexity index is 832. The number of hydrogen-bond acceptors (Lipinski definition) is 2. The van der Waals surface area contributed by atoms with Gasteiger partial charge >= 0.3 is 0 Å². The molecule has 5 nitrogen and oxygen atoms in total. The second-order valence-corrected chi connectivity index (χ2v) is 7.13. The number of carbonyl (C=O) groups is 2. The van der Waals surface area contributed by atoms with Crippen LogP contribution >= 0.6 is 0 Å². The molecule has 0 radical (unpaired) electrons. The number of rotatable bonds is 6. The van der Waals surface area contributed by atoms with E-state index in [1.165, 1.54) is 6.07 Å². The minimum absolute atomic E-state index is 0.0120. The van der Waals surface area contributed by atoms with Crippen LogP contribution in [0.4, 0.5) is 10.1 Å². The highest BCUT2D eigenvalue weighted by Crippen LogP contribution is 2.15. The standard InChI is InChI=1S/C22H26FN3O2/c1-2-17-7-4-6-10-20(17)24-21(27)16-25-11-13-26(14-12-25)22(28)15-18-8-3-5-9-19(18)23/h3-10H,2,11-16H2,1H3,(H,24,27)/p+1. The van der Waals surface area contributed by atoms with Gasteiger partial charge in [-0.2, -0.15) is 0 Å². The van der Waals surface area contributed by atoms with Crippen LogP contribution in [0.2, 0.25) is 0 Å². The summed E-state index contributed by atoms with van der Waals surface area (Å²) in [5.74, 6) is -0.420. The zero-order valence-electron chi connectivity index (χ0n) is 16.2.